The minimum absolute atomic E-state index is 0.204. The number of hydrogen-bond acceptors (Lipinski definition) is 2. The summed E-state index contributed by atoms with van der Waals surface area (Å²) >= 11 is 0. The summed E-state index contributed by atoms with van der Waals surface area (Å²) in [6.45, 7) is 0. The smallest absolute Gasteiger partial charge is 0.255 e. The Bertz CT molecular complexity index is 845. The maximum absolute atomic E-state index is 13.5. The Morgan fingerprint density at radius 3 is 2.76 bits per heavy atom. The second-order valence-corrected chi connectivity index (χ2v) is 4.34. The summed E-state index contributed by atoms with van der Waals surface area (Å²) in [5.41, 5.74) is 0.932. The molecule has 21 heavy (non-hydrogen) atoms. The first kappa shape index (κ1) is 13.2. The van der Waals surface area contributed by atoms with E-state index in [1.165, 1.54) is 18.5 Å². The van der Waals surface area contributed by atoms with E-state index in [-0.39, 0.29) is 5.56 Å². The molecule has 3 rings (SSSR count). The fourth-order valence-electron chi connectivity index (χ4n) is 1.92. The van der Waals surface area contributed by atoms with Crippen molar-refractivity contribution in [3.8, 4) is 0 Å². The van der Waals surface area contributed by atoms with Gasteiger partial charge in [-0.15, -0.1) is 0 Å². The van der Waals surface area contributed by atoms with E-state index in [0.717, 1.165) is 0 Å². The monoisotopic (exact) mass is 291 g/mol. The molecular formula is C14H8F3N3O. The number of anilines is 1. The van der Waals surface area contributed by atoms with Crippen LogP contribution in [0.5, 0.6) is 0 Å². The van der Waals surface area contributed by atoms with E-state index in [1.807, 2.05) is 0 Å². The third-order valence-corrected chi connectivity index (χ3v) is 2.92. The summed E-state index contributed by atoms with van der Waals surface area (Å²) in [5, 5.41) is 2.14. The van der Waals surface area contributed by atoms with Gasteiger partial charge in [0.05, 0.1) is 23.0 Å². The van der Waals surface area contributed by atoms with Crippen LogP contribution in [0.1, 0.15) is 10.4 Å². The van der Waals surface area contributed by atoms with Gasteiger partial charge in [0.15, 0.2) is 11.6 Å². The standard InChI is InChI=1S/C14H8F3N3O/c15-8-4-9(16)13(17)12(5-8)20-14(21)7-1-2-10-11(3-7)19-6-18-10/h1-6H,(H,18,19)(H,20,21). The molecule has 0 saturated heterocycles. The van der Waals surface area contributed by atoms with Crippen LogP contribution in [-0.4, -0.2) is 15.9 Å². The number of nitrogens with one attached hydrogen (secondary N) is 2. The summed E-state index contributed by atoms with van der Waals surface area (Å²) in [5.74, 6) is -4.34. The molecule has 0 atom stereocenters. The number of benzene rings is 2. The van der Waals surface area contributed by atoms with Crippen molar-refractivity contribution in [1.29, 1.82) is 0 Å². The lowest BCUT2D eigenvalue weighted by Crippen LogP contribution is -2.13. The molecule has 0 radical (unpaired) electrons. The molecule has 2 aromatic carbocycles. The number of H-pyrrole nitrogens is 1. The molecule has 7 heteroatoms. The average molecular weight is 291 g/mol. The van der Waals surface area contributed by atoms with Crippen molar-refractivity contribution >= 4 is 22.6 Å². The first-order valence-electron chi connectivity index (χ1n) is 5.93. The zero-order chi connectivity index (χ0) is 15.0. The van der Waals surface area contributed by atoms with Crippen molar-refractivity contribution < 1.29 is 18.0 Å². The van der Waals surface area contributed by atoms with Crippen LogP contribution in [0, 0.1) is 17.5 Å². The van der Waals surface area contributed by atoms with E-state index in [1.54, 1.807) is 6.07 Å². The van der Waals surface area contributed by atoms with Gasteiger partial charge < -0.3 is 10.3 Å². The Labute approximate surface area is 116 Å². The van der Waals surface area contributed by atoms with Crippen LogP contribution in [0.3, 0.4) is 0 Å². The Balaban J connectivity index is 1.92. The van der Waals surface area contributed by atoms with Crippen LogP contribution in [-0.2, 0) is 0 Å². The predicted molar refractivity (Wildman–Crippen MR) is 70.4 cm³/mol. The molecule has 0 spiro atoms. The fourth-order valence-corrected chi connectivity index (χ4v) is 1.92. The van der Waals surface area contributed by atoms with Gasteiger partial charge in [0, 0.05) is 17.7 Å². The van der Waals surface area contributed by atoms with Gasteiger partial charge in [-0.3, -0.25) is 4.79 Å². The topological polar surface area (TPSA) is 57.8 Å². The number of carbonyl (C=O) groups excluding carboxylic acids is 1. The molecule has 0 unspecified atom stereocenters. The number of halogens is 3. The van der Waals surface area contributed by atoms with Crippen molar-refractivity contribution in [3.05, 3.63) is 59.7 Å². The number of amides is 1. The summed E-state index contributed by atoms with van der Waals surface area (Å²) in [6, 6.07) is 5.70. The van der Waals surface area contributed by atoms with Crippen LogP contribution >= 0.6 is 0 Å². The molecule has 2 N–H and O–H groups in total. The summed E-state index contributed by atoms with van der Waals surface area (Å²) in [7, 11) is 0. The van der Waals surface area contributed by atoms with Crippen LogP contribution in [0.15, 0.2) is 36.7 Å². The quantitative estimate of drug-likeness (QED) is 0.712. The Hall–Kier alpha value is -2.83. The van der Waals surface area contributed by atoms with E-state index in [9.17, 15) is 18.0 Å². The highest BCUT2D eigenvalue weighted by atomic mass is 19.2. The minimum Gasteiger partial charge on any atom is -0.345 e. The van der Waals surface area contributed by atoms with Crippen molar-refractivity contribution in [1.82, 2.24) is 9.97 Å². The Morgan fingerprint density at radius 1 is 1.14 bits per heavy atom. The Kier molecular flexibility index (Phi) is 3.09. The number of aromatic nitrogens is 2. The highest BCUT2D eigenvalue weighted by Crippen LogP contribution is 2.20. The van der Waals surface area contributed by atoms with Crippen LogP contribution in [0.25, 0.3) is 11.0 Å². The van der Waals surface area contributed by atoms with Gasteiger partial charge in [0.1, 0.15) is 5.82 Å². The maximum atomic E-state index is 13.5. The van der Waals surface area contributed by atoms with E-state index in [2.05, 4.69) is 15.3 Å². The van der Waals surface area contributed by atoms with Crippen molar-refractivity contribution in [2.24, 2.45) is 0 Å². The van der Waals surface area contributed by atoms with Gasteiger partial charge in [-0.05, 0) is 18.2 Å². The normalized spacial score (nSPS) is 10.8. The molecule has 0 bridgehead atoms. The maximum Gasteiger partial charge on any atom is 0.255 e. The first-order chi connectivity index (χ1) is 10.0. The molecule has 1 heterocycles. The lowest BCUT2D eigenvalue weighted by molar-refractivity contribution is 0.102. The van der Waals surface area contributed by atoms with E-state index in [4.69, 9.17) is 0 Å². The molecule has 3 aromatic rings. The van der Waals surface area contributed by atoms with E-state index in [0.29, 0.717) is 23.2 Å². The largest absolute Gasteiger partial charge is 0.345 e. The molecule has 1 aromatic heterocycles. The molecule has 0 saturated carbocycles. The molecular weight excluding hydrogens is 283 g/mol. The number of fused-ring (bicyclic) bond motifs is 1. The third-order valence-electron chi connectivity index (χ3n) is 2.92. The second-order valence-electron chi connectivity index (χ2n) is 4.34. The minimum atomic E-state index is -1.37. The Morgan fingerprint density at radius 2 is 1.95 bits per heavy atom. The van der Waals surface area contributed by atoms with E-state index < -0.39 is 29.0 Å². The summed E-state index contributed by atoms with van der Waals surface area (Å²) < 4.78 is 39.6. The van der Waals surface area contributed by atoms with Gasteiger partial charge in [-0.2, -0.15) is 0 Å². The number of nitrogens with zero attached hydrogens (tertiary/aromatic N) is 1. The second kappa shape index (κ2) is 4.93. The van der Waals surface area contributed by atoms with Crippen molar-refractivity contribution in [2.45, 2.75) is 0 Å². The van der Waals surface area contributed by atoms with Gasteiger partial charge in [0.2, 0.25) is 0 Å². The van der Waals surface area contributed by atoms with Gasteiger partial charge in [-0.1, -0.05) is 0 Å². The average Bonchev–Trinajstić information content (AvgIpc) is 2.91. The van der Waals surface area contributed by atoms with E-state index >= 15 is 0 Å². The van der Waals surface area contributed by atoms with Crippen molar-refractivity contribution in [2.75, 3.05) is 5.32 Å². The molecule has 1 amide bonds. The van der Waals surface area contributed by atoms with Gasteiger partial charge in [0.25, 0.3) is 5.91 Å². The summed E-state index contributed by atoms with van der Waals surface area (Å²) in [6.07, 6.45) is 1.47. The highest BCUT2D eigenvalue weighted by molar-refractivity contribution is 6.05. The summed E-state index contributed by atoms with van der Waals surface area (Å²) in [4.78, 5) is 18.8. The lowest BCUT2D eigenvalue weighted by Gasteiger charge is -2.07. The molecule has 4 nitrogen and oxygen atoms in total. The van der Waals surface area contributed by atoms with Crippen LogP contribution in [0.2, 0.25) is 0 Å². The fraction of sp³-hybridized carbons (Fsp3) is 0. The molecule has 106 valence electrons. The third kappa shape index (κ3) is 2.45. The first-order valence-corrected chi connectivity index (χ1v) is 5.93. The zero-order valence-corrected chi connectivity index (χ0v) is 10.5. The number of hydrogen-bond donors (Lipinski definition) is 2. The number of carbonyl (C=O) groups is 1. The SMILES string of the molecule is O=C(Nc1cc(F)cc(F)c1F)c1ccc2nc[nH]c2c1. The van der Waals surface area contributed by atoms with Gasteiger partial charge >= 0.3 is 0 Å². The van der Waals surface area contributed by atoms with Crippen LogP contribution in [0.4, 0.5) is 18.9 Å². The highest BCUT2D eigenvalue weighted by Gasteiger charge is 2.15. The predicted octanol–water partition coefficient (Wildman–Crippen LogP) is 3.23. The molecule has 0 aliphatic carbocycles. The lowest BCUT2D eigenvalue weighted by atomic mass is 10.2. The number of imidazole rings is 1. The molecule has 0 aliphatic rings. The zero-order valence-electron chi connectivity index (χ0n) is 10.5. The van der Waals surface area contributed by atoms with Crippen molar-refractivity contribution in [3.63, 3.8) is 0 Å². The van der Waals surface area contributed by atoms with Gasteiger partial charge in [-0.25, -0.2) is 18.2 Å². The molecule has 0 aliphatic heterocycles. The number of rotatable bonds is 2. The van der Waals surface area contributed by atoms with Crippen LogP contribution < -0.4 is 5.32 Å². The number of aromatic amines is 1. The molecule has 0 fully saturated rings.